The van der Waals surface area contributed by atoms with Gasteiger partial charge >= 0.3 is 0 Å². The standard InChI is InChI=1S/C12H9IN2O2/c13-9-3-1-2-4-10(9)15-12(17)8-5-6-11(16)14-7-8/h1-7H,(H,14,16)(H,15,17). The van der Waals surface area contributed by atoms with Gasteiger partial charge in [0, 0.05) is 15.8 Å². The van der Waals surface area contributed by atoms with Gasteiger partial charge in [-0.15, -0.1) is 0 Å². The third-order valence-electron chi connectivity index (χ3n) is 2.17. The molecule has 2 aromatic rings. The zero-order valence-electron chi connectivity index (χ0n) is 8.74. The lowest BCUT2D eigenvalue weighted by atomic mass is 10.2. The highest BCUT2D eigenvalue weighted by Gasteiger charge is 2.07. The van der Waals surface area contributed by atoms with Crippen LogP contribution >= 0.6 is 22.6 Å². The van der Waals surface area contributed by atoms with E-state index in [4.69, 9.17) is 0 Å². The first kappa shape index (κ1) is 11.8. The van der Waals surface area contributed by atoms with Crippen LogP contribution in [0.2, 0.25) is 0 Å². The van der Waals surface area contributed by atoms with E-state index < -0.39 is 0 Å². The lowest BCUT2D eigenvalue weighted by molar-refractivity contribution is 0.102. The molecule has 0 bridgehead atoms. The minimum absolute atomic E-state index is 0.226. The van der Waals surface area contributed by atoms with Crippen LogP contribution in [0.4, 0.5) is 5.69 Å². The molecular weight excluding hydrogens is 331 g/mol. The number of halogens is 1. The van der Waals surface area contributed by atoms with E-state index >= 15 is 0 Å². The fraction of sp³-hybridized carbons (Fsp3) is 0. The number of pyridine rings is 1. The SMILES string of the molecule is O=C(Nc1ccccc1I)c1ccc(=O)[nH]c1. The number of hydrogen-bond acceptors (Lipinski definition) is 2. The Morgan fingerprint density at radius 2 is 1.94 bits per heavy atom. The number of amides is 1. The van der Waals surface area contributed by atoms with Gasteiger partial charge in [-0.3, -0.25) is 9.59 Å². The summed E-state index contributed by atoms with van der Waals surface area (Å²) in [4.78, 5) is 25.2. The molecule has 17 heavy (non-hydrogen) atoms. The highest BCUT2D eigenvalue weighted by Crippen LogP contribution is 2.17. The molecule has 0 saturated carbocycles. The molecule has 0 spiro atoms. The van der Waals surface area contributed by atoms with Crippen molar-refractivity contribution in [2.75, 3.05) is 5.32 Å². The second-order valence-corrected chi connectivity index (χ2v) is 4.54. The Labute approximate surface area is 111 Å². The maximum Gasteiger partial charge on any atom is 0.257 e. The number of H-pyrrole nitrogens is 1. The number of carbonyl (C=O) groups is 1. The van der Waals surface area contributed by atoms with Crippen LogP contribution in [0.1, 0.15) is 10.4 Å². The van der Waals surface area contributed by atoms with Crippen molar-refractivity contribution in [1.29, 1.82) is 0 Å². The molecule has 4 nitrogen and oxygen atoms in total. The first-order valence-corrected chi connectivity index (χ1v) is 5.99. The average Bonchev–Trinajstić information content (AvgIpc) is 2.33. The van der Waals surface area contributed by atoms with E-state index in [1.807, 2.05) is 24.3 Å². The number of benzene rings is 1. The molecule has 0 aliphatic carbocycles. The monoisotopic (exact) mass is 340 g/mol. The Hall–Kier alpha value is -1.63. The molecule has 1 amide bonds. The maximum absolute atomic E-state index is 11.8. The third kappa shape index (κ3) is 2.94. The quantitative estimate of drug-likeness (QED) is 0.824. The van der Waals surface area contributed by atoms with Crippen molar-refractivity contribution in [3.05, 3.63) is 62.1 Å². The molecule has 2 rings (SSSR count). The van der Waals surface area contributed by atoms with Crippen molar-refractivity contribution in [3.8, 4) is 0 Å². The van der Waals surface area contributed by atoms with E-state index in [2.05, 4.69) is 32.9 Å². The zero-order valence-corrected chi connectivity index (χ0v) is 10.9. The second-order valence-electron chi connectivity index (χ2n) is 3.38. The molecule has 0 atom stereocenters. The molecule has 0 fully saturated rings. The smallest absolute Gasteiger partial charge is 0.257 e. The van der Waals surface area contributed by atoms with Crippen LogP contribution in [0, 0.1) is 3.57 Å². The summed E-state index contributed by atoms with van der Waals surface area (Å²) in [6.07, 6.45) is 1.40. The lowest BCUT2D eigenvalue weighted by Crippen LogP contribution is -2.15. The van der Waals surface area contributed by atoms with Crippen molar-refractivity contribution < 1.29 is 4.79 Å². The summed E-state index contributed by atoms with van der Waals surface area (Å²) in [6, 6.07) is 10.3. The number of hydrogen-bond donors (Lipinski definition) is 2. The summed E-state index contributed by atoms with van der Waals surface area (Å²) in [5.74, 6) is -0.245. The number of aromatic nitrogens is 1. The first-order chi connectivity index (χ1) is 8.16. The van der Waals surface area contributed by atoms with Crippen molar-refractivity contribution >= 4 is 34.2 Å². The topological polar surface area (TPSA) is 62.0 Å². The zero-order chi connectivity index (χ0) is 12.3. The van der Waals surface area contributed by atoms with Gasteiger partial charge < -0.3 is 10.3 Å². The second kappa shape index (κ2) is 5.13. The number of nitrogens with one attached hydrogen (secondary N) is 2. The van der Waals surface area contributed by atoms with Gasteiger partial charge in [0.1, 0.15) is 0 Å². The van der Waals surface area contributed by atoms with Gasteiger partial charge in [-0.1, -0.05) is 12.1 Å². The average molecular weight is 340 g/mol. The minimum atomic E-state index is -0.245. The Kier molecular flexibility index (Phi) is 3.58. The van der Waals surface area contributed by atoms with Gasteiger partial charge in [-0.25, -0.2) is 0 Å². The Morgan fingerprint density at radius 3 is 2.59 bits per heavy atom. The fourth-order valence-corrected chi connectivity index (χ4v) is 1.83. The molecule has 1 aromatic heterocycles. The molecule has 1 aromatic carbocycles. The minimum Gasteiger partial charge on any atom is -0.328 e. The number of aromatic amines is 1. The molecule has 0 radical (unpaired) electrons. The van der Waals surface area contributed by atoms with Gasteiger partial charge in [0.2, 0.25) is 5.56 Å². The summed E-state index contributed by atoms with van der Waals surface area (Å²) in [7, 11) is 0. The van der Waals surface area contributed by atoms with Crippen LogP contribution in [-0.2, 0) is 0 Å². The number of anilines is 1. The molecule has 0 unspecified atom stereocenters. The van der Waals surface area contributed by atoms with Gasteiger partial charge in [0.15, 0.2) is 0 Å². The Morgan fingerprint density at radius 1 is 1.18 bits per heavy atom. The van der Waals surface area contributed by atoms with E-state index in [-0.39, 0.29) is 11.5 Å². The molecule has 0 saturated heterocycles. The van der Waals surface area contributed by atoms with Crippen molar-refractivity contribution in [1.82, 2.24) is 4.98 Å². The van der Waals surface area contributed by atoms with Crippen molar-refractivity contribution in [2.24, 2.45) is 0 Å². The molecule has 0 aliphatic rings. The Bertz CT molecular complexity index is 587. The molecule has 86 valence electrons. The van der Waals surface area contributed by atoms with Gasteiger partial charge in [0.05, 0.1) is 11.3 Å². The van der Waals surface area contributed by atoms with E-state index in [1.54, 1.807) is 0 Å². The molecule has 2 N–H and O–H groups in total. The van der Waals surface area contributed by atoms with E-state index in [9.17, 15) is 9.59 Å². The maximum atomic E-state index is 11.8. The predicted octanol–water partition coefficient (Wildman–Crippen LogP) is 2.23. The van der Waals surface area contributed by atoms with Crippen LogP contribution in [0.3, 0.4) is 0 Å². The lowest BCUT2D eigenvalue weighted by Gasteiger charge is -2.06. The Balaban J connectivity index is 2.20. The van der Waals surface area contributed by atoms with Crippen LogP contribution < -0.4 is 10.9 Å². The third-order valence-corrected chi connectivity index (χ3v) is 3.11. The van der Waals surface area contributed by atoms with Gasteiger partial charge in [-0.05, 0) is 40.8 Å². The number of carbonyl (C=O) groups excluding carboxylic acids is 1. The highest BCUT2D eigenvalue weighted by molar-refractivity contribution is 14.1. The summed E-state index contributed by atoms with van der Waals surface area (Å²) in [5.41, 5.74) is 0.949. The molecule has 0 aliphatic heterocycles. The molecule has 5 heteroatoms. The summed E-state index contributed by atoms with van der Waals surface area (Å²) in [5, 5.41) is 2.78. The summed E-state index contributed by atoms with van der Waals surface area (Å²) in [6.45, 7) is 0. The number of para-hydroxylation sites is 1. The van der Waals surface area contributed by atoms with Crippen molar-refractivity contribution in [3.63, 3.8) is 0 Å². The van der Waals surface area contributed by atoms with Crippen LogP contribution in [0.15, 0.2) is 47.4 Å². The summed E-state index contributed by atoms with van der Waals surface area (Å²) < 4.78 is 0.961. The van der Waals surface area contributed by atoms with E-state index in [1.165, 1.54) is 18.3 Å². The van der Waals surface area contributed by atoms with Crippen LogP contribution in [0.25, 0.3) is 0 Å². The predicted molar refractivity (Wildman–Crippen MR) is 74.2 cm³/mol. The molecular formula is C12H9IN2O2. The molecule has 1 heterocycles. The van der Waals surface area contributed by atoms with E-state index in [0.29, 0.717) is 5.56 Å². The largest absolute Gasteiger partial charge is 0.328 e. The van der Waals surface area contributed by atoms with Crippen LogP contribution in [0.5, 0.6) is 0 Å². The van der Waals surface area contributed by atoms with Crippen molar-refractivity contribution in [2.45, 2.75) is 0 Å². The summed E-state index contributed by atoms with van der Waals surface area (Å²) >= 11 is 2.15. The highest BCUT2D eigenvalue weighted by atomic mass is 127. The van der Waals surface area contributed by atoms with Gasteiger partial charge in [-0.2, -0.15) is 0 Å². The van der Waals surface area contributed by atoms with Gasteiger partial charge in [0.25, 0.3) is 5.91 Å². The number of rotatable bonds is 2. The fourth-order valence-electron chi connectivity index (χ4n) is 1.31. The van der Waals surface area contributed by atoms with E-state index in [0.717, 1.165) is 9.26 Å². The first-order valence-electron chi connectivity index (χ1n) is 4.91. The van der Waals surface area contributed by atoms with Crippen LogP contribution in [-0.4, -0.2) is 10.9 Å². The normalized spacial score (nSPS) is 9.94.